The van der Waals surface area contributed by atoms with Crippen molar-refractivity contribution in [1.29, 1.82) is 0 Å². The molecule has 1 fully saturated rings. The summed E-state index contributed by atoms with van der Waals surface area (Å²) in [6, 6.07) is 1.36. The first-order valence-corrected chi connectivity index (χ1v) is 8.20. The molecule has 2 rings (SSSR count). The Morgan fingerprint density at radius 1 is 1.52 bits per heavy atom. The zero-order valence-electron chi connectivity index (χ0n) is 12.4. The summed E-state index contributed by atoms with van der Waals surface area (Å²) in [6.07, 6.45) is 1.72. The average molecular weight is 316 g/mol. The standard InChI is InChI=1S/C13H20N2O5S/c1-9-11(13(16)19-3)7-12(20-9)21(17,18)15-6-4-5-10(8-15)14-2/h7,10,14H,4-6,8H2,1-3H3. The second-order valence-electron chi connectivity index (χ2n) is 5.02. The van der Waals surface area contributed by atoms with Gasteiger partial charge in [-0.1, -0.05) is 0 Å². The molecule has 1 N–H and O–H groups in total. The summed E-state index contributed by atoms with van der Waals surface area (Å²) in [7, 11) is -0.676. The summed E-state index contributed by atoms with van der Waals surface area (Å²) in [5.41, 5.74) is 0.137. The van der Waals surface area contributed by atoms with Crippen LogP contribution in [-0.4, -0.2) is 52.0 Å². The van der Waals surface area contributed by atoms with E-state index >= 15 is 0 Å². The molecule has 0 bridgehead atoms. The number of carbonyl (C=O) groups excluding carboxylic acids is 1. The van der Waals surface area contributed by atoms with Gasteiger partial charge in [0.25, 0.3) is 10.0 Å². The topological polar surface area (TPSA) is 88.9 Å². The average Bonchev–Trinajstić information content (AvgIpc) is 2.89. The first-order valence-electron chi connectivity index (χ1n) is 6.76. The summed E-state index contributed by atoms with van der Waals surface area (Å²) < 4.78 is 36.4. The maximum atomic E-state index is 12.6. The highest BCUT2D eigenvalue weighted by Gasteiger charge is 2.33. The molecule has 0 saturated carbocycles. The van der Waals surface area contributed by atoms with Gasteiger partial charge in [-0.3, -0.25) is 0 Å². The highest BCUT2D eigenvalue weighted by atomic mass is 32.2. The van der Waals surface area contributed by atoms with Gasteiger partial charge in [0.15, 0.2) is 0 Å². The van der Waals surface area contributed by atoms with E-state index < -0.39 is 16.0 Å². The fourth-order valence-corrected chi connectivity index (χ4v) is 3.92. The molecule has 8 heteroatoms. The lowest BCUT2D eigenvalue weighted by molar-refractivity contribution is 0.0599. The van der Waals surface area contributed by atoms with Crippen molar-refractivity contribution in [1.82, 2.24) is 9.62 Å². The molecule has 2 heterocycles. The van der Waals surface area contributed by atoms with Crippen LogP contribution in [0.25, 0.3) is 0 Å². The van der Waals surface area contributed by atoms with Crippen molar-refractivity contribution >= 4 is 16.0 Å². The van der Waals surface area contributed by atoms with Crippen molar-refractivity contribution in [2.75, 3.05) is 27.2 Å². The molecule has 1 aromatic rings. The second kappa shape index (κ2) is 6.17. The molecule has 118 valence electrons. The van der Waals surface area contributed by atoms with Crippen LogP contribution in [0.2, 0.25) is 0 Å². The lowest BCUT2D eigenvalue weighted by Gasteiger charge is -2.30. The Kier molecular flexibility index (Phi) is 4.70. The number of sulfonamides is 1. The predicted octanol–water partition coefficient (Wildman–Crippen LogP) is 0.747. The normalized spacial score (nSPS) is 20.4. The Bertz CT molecular complexity index is 623. The molecule has 21 heavy (non-hydrogen) atoms. The monoisotopic (exact) mass is 316 g/mol. The van der Waals surface area contributed by atoms with Crippen LogP contribution in [0.4, 0.5) is 0 Å². The van der Waals surface area contributed by atoms with E-state index in [1.54, 1.807) is 0 Å². The Morgan fingerprint density at radius 3 is 2.86 bits per heavy atom. The summed E-state index contributed by atoms with van der Waals surface area (Å²) >= 11 is 0. The Balaban J connectivity index is 2.29. The molecule has 1 saturated heterocycles. The molecule has 0 aromatic carbocycles. The predicted molar refractivity (Wildman–Crippen MR) is 75.6 cm³/mol. The number of esters is 1. The molecule has 1 atom stereocenters. The minimum atomic E-state index is -3.73. The molecule has 0 amide bonds. The lowest BCUT2D eigenvalue weighted by atomic mass is 10.1. The summed E-state index contributed by atoms with van der Waals surface area (Å²) in [5.74, 6) is -0.368. The fraction of sp³-hybridized carbons (Fsp3) is 0.615. The zero-order chi connectivity index (χ0) is 15.6. The number of ether oxygens (including phenoxy) is 1. The third-order valence-electron chi connectivity index (χ3n) is 3.69. The third-order valence-corrected chi connectivity index (χ3v) is 5.41. The van der Waals surface area contributed by atoms with Gasteiger partial charge in [0.2, 0.25) is 5.09 Å². The van der Waals surface area contributed by atoms with E-state index in [0.29, 0.717) is 13.1 Å². The van der Waals surface area contributed by atoms with E-state index in [1.807, 2.05) is 7.05 Å². The number of likely N-dealkylation sites (N-methyl/N-ethyl adjacent to an activating group) is 1. The second-order valence-corrected chi connectivity index (χ2v) is 6.89. The maximum absolute atomic E-state index is 12.6. The molecular weight excluding hydrogens is 296 g/mol. The van der Waals surface area contributed by atoms with Gasteiger partial charge in [0, 0.05) is 25.2 Å². The number of hydrogen-bond donors (Lipinski definition) is 1. The summed E-state index contributed by atoms with van der Waals surface area (Å²) in [6.45, 7) is 2.39. The lowest BCUT2D eigenvalue weighted by Crippen LogP contribution is -2.46. The van der Waals surface area contributed by atoms with Crippen molar-refractivity contribution < 1.29 is 22.4 Å². The number of methoxy groups -OCH3 is 1. The molecule has 7 nitrogen and oxygen atoms in total. The molecular formula is C13H20N2O5S. The molecule has 1 aliphatic heterocycles. The van der Waals surface area contributed by atoms with Crippen LogP contribution in [0.3, 0.4) is 0 Å². The quantitative estimate of drug-likeness (QED) is 0.825. The van der Waals surface area contributed by atoms with Gasteiger partial charge < -0.3 is 14.5 Å². The number of hydrogen-bond acceptors (Lipinski definition) is 6. The van der Waals surface area contributed by atoms with Gasteiger partial charge in [0.1, 0.15) is 11.3 Å². The SMILES string of the molecule is CNC1CCCN(S(=O)(=O)c2cc(C(=O)OC)c(C)o2)C1. The van der Waals surface area contributed by atoms with E-state index in [4.69, 9.17) is 4.42 Å². The number of furan rings is 1. The highest BCUT2D eigenvalue weighted by Crippen LogP contribution is 2.25. The minimum Gasteiger partial charge on any atom is -0.465 e. The highest BCUT2D eigenvalue weighted by molar-refractivity contribution is 7.89. The fourth-order valence-electron chi connectivity index (χ4n) is 2.42. The molecule has 0 spiro atoms. The van der Waals surface area contributed by atoms with Crippen LogP contribution in [0.15, 0.2) is 15.6 Å². The summed E-state index contributed by atoms with van der Waals surface area (Å²) in [5, 5.41) is 2.88. The van der Waals surface area contributed by atoms with Crippen LogP contribution in [0, 0.1) is 6.92 Å². The first kappa shape index (κ1) is 16.0. The Labute approximate surface area is 124 Å². The number of nitrogens with zero attached hydrogens (tertiary/aromatic N) is 1. The van der Waals surface area contributed by atoms with Gasteiger partial charge in [-0.2, -0.15) is 4.31 Å². The first-order chi connectivity index (χ1) is 9.90. The third kappa shape index (κ3) is 3.12. The van der Waals surface area contributed by atoms with Crippen molar-refractivity contribution in [3.8, 4) is 0 Å². The van der Waals surface area contributed by atoms with Crippen molar-refractivity contribution in [2.24, 2.45) is 0 Å². The van der Waals surface area contributed by atoms with Crippen LogP contribution in [0.1, 0.15) is 29.0 Å². The number of rotatable bonds is 4. The van der Waals surface area contributed by atoms with Crippen LogP contribution < -0.4 is 5.32 Å². The van der Waals surface area contributed by atoms with Crippen LogP contribution >= 0.6 is 0 Å². The molecule has 0 radical (unpaired) electrons. The van der Waals surface area contributed by atoms with Crippen molar-refractivity contribution in [2.45, 2.75) is 30.9 Å². The van der Waals surface area contributed by atoms with Gasteiger partial charge in [-0.05, 0) is 26.8 Å². The summed E-state index contributed by atoms with van der Waals surface area (Å²) in [4.78, 5) is 11.5. The van der Waals surface area contributed by atoms with E-state index in [-0.39, 0.29) is 22.5 Å². The van der Waals surface area contributed by atoms with Crippen LogP contribution in [0.5, 0.6) is 0 Å². The molecule has 1 aliphatic rings. The Hall–Kier alpha value is -1.38. The number of carbonyl (C=O) groups is 1. The van der Waals surface area contributed by atoms with Gasteiger partial charge >= 0.3 is 5.97 Å². The molecule has 1 aromatic heterocycles. The van der Waals surface area contributed by atoms with Crippen LogP contribution in [-0.2, 0) is 14.8 Å². The number of aryl methyl sites for hydroxylation is 1. The van der Waals surface area contributed by atoms with E-state index in [1.165, 1.54) is 24.4 Å². The van der Waals surface area contributed by atoms with Gasteiger partial charge in [-0.25, -0.2) is 13.2 Å². The van der Waals surface area contributed by atoms with Crippen molar-refractivity contribution in [3.63, 3.8) is 0 Å². The van der Waals surface area contributed by atoms with Gasteiger partial charge in [0.05, 0.1) is 7.11 Å². The zero-order valence-corrected chi connectivity index (χ0v) is 13.2. The van der Waals surface area contributed by atoms with Gasteiger partial charge in [-0.15, -0.1) is 0 Å². The molecule has 0 aliphatic carbocycles. The van der Waals surface area contributed by atoms with Crippen molar-refractivity contribution in [3.05, 3.63) is 17.4 Å². The number of piperidine rings is 1. The van der Waals surface area contributed by atoms with E-state index in [0.717, 1.165) is 12.8 Å². The number of nitrogens with one attached hydrogen (secondary N) is 1. The van der Waals surface area contributed by atoms with E-state index in [2.05, 4.69) is 10.1 Å². The molecule has 1 unspecified atom stereocenters. The van der Waals surface area contributed by atoms with E-state index in [9.17, 15) is 13.2 Å². The minimum absolute atomic E-state index is 0.129. The maximum Gasteiger partial charge on any atom is 0.341 e. The smallest absolute Gasteiger partial charge is 0.341 e. The largest absolute Gasteiger partial charge is 0.465 e. The Morgan fingerprint density at radius 2 is 2.24 bits per heavy atom.